The van der Waals surface area contributed by atoms with Crippen LogP contribution in [0.15, 0.2) is 64.0 Å². The van der Waals surface area contributed by atoms with Crippen LogP contribution >= 0.6 is 15.9 Å². The van der Waals surface area contributed by atoms with Crippen LogP contribution in [0, 0.1) is 13.8 Å². The Morgan fingerprint density at radius 2 is 1.60 bits per heavy atom. The van der Waals surface area contributed by atoms with E-state index in [-0.39, 0.29) is 23.4 Å². The maximum absolute atomic E-state index is 12.5. The van der Waals surface area contributed by atoms with Crippen molar-refractivity contribution in [1.82, 2.24) is 9.97 Å². The van der Waals surface area contributed by atoms with E-state index in [0.29, 0.717) is 22.8 Å². The van der Waals surface area contributed by atoms with Crippen LogP contribution in [-0.4, -0.2) is 30.9 Å². The summed E-state index contributed by atoms with van der Waals surface area (Å²) in [4.78, 5) is 20.2. The van der Waals surface area contributed by atoms with Crippen LogP contribution in [0.1, 0.15) is 11.4 Å². The molecular weight excluding hydrogens is 472 g/mol. The summed E-state index contributed by atoms with van der Waals surface area (Å²) >= 11 is 3.32. The molecular formula is C20H19BrN4O4S. The Kier molecular flexibility index (Phi) is 6.68. The molecule has 1 heterocycles. The fourth-order valence-corrected chi connectivity index (χ4v) is 3.75. The standard InChI is InChI=1S/C20H19BrN4O4S/c1-13-11-14(2)23-20(22-13)25-30(27,28)18-9-5-16(6-10-18)24-19(26)12-29-17-7-3-15(21)4-8-17/h3-11H,12H2,1-2H3,(H,24,26)(H,22,23,25). The van der Waals surface area contributed by atoms with Crippen molar-refractivity contribution in [1.29, 1.82) is 0 Å². The lowest BCUT2D eigenvalue weighted by atomic mass is 10.3. The maximum Gasteiger partial charge on any atom is 0.264 e. The van der Waals surface area contributed by atoms with Crippen molar-refractivity contribution in [3.05, 3.63) is 70.5 Å². The molecule has 0 unspecified atom stereocenters. The molecule has 1 aromatic heterocycles. The van der Waals surface area contributed by atoms with E-state index in [0.717, 1.165) is 4.47 Å². The first-order valence-electron chi connectivity index (χ1n) is 8.85. The number of nitrogens with zero attached hydrogens (tertiary/aromatic N) is 2. The quantitative estimate of drug-likeness (QED) is 0.522. The summed E-state index contributed by atoms with van der Waals surface area (Å²) < 4.78 is 33.8. The van der Waals surface area contributed by atoms with Gasteiger partial charge in [-0.1, -0.05) is 15.9 Å². The van der Waals surface area contributed by atoms with Gasteiger partial charge in [0.2, 0.25) is 5.95 Å². The Bertz CT molecular complexity index is 1130. The third-order valence-electron chi connectivity index (χ3n) is 3.84. The summed E-state index contributed by atoms with van der Waals surface area (Å²) in [7, 11) is -3.86. The molecule has 1 amide bonds. The van der Waals surface area contributed by atoms with Gasteiger partial charge < -0.3 is 10.1 Å². The van der Waals surface area contributed by atoms with Crippen molar-refractivity contribution in [3.8, 4) is 5.75 Å². The van der Waals surface area contributed by atoms with Crippen LogP contribution < -0.4 is 14.8 Å². The molecule has 156 valence electrons. The van der Waals surface area contributed by atoms with Crippen molar-refractivity contribution < 1.29 is 17.9 Å². The zero-order chi connectivity index (χ0) is 21.7. The van der Waals surface area contributed by atoms with E-state index in [1.807, 2.05) is 12.1 Å². The van der Waals surface area contributed by atoms with Gasteiger partial charge in [-0.2, -0.15) is 0 Å². The topological polar surface area (TPSA) is 110 Å². The molecule has 0 aliphatic rings. The summed E-state index contributed by atoms with van der Waals surface area (Å²) in [6.07, 6.45) is 0. The number of aromatic nitrogens is 2. The normalized spacial score (nSPS) is 11.0. The number of anilines is 2. The van der Waals surface area contributed by atoms with Gasteiger partial charge in [0.25, 0.3) is 15.9 Å². The van der Waals surface area contributed by atoms with E-state index < -0.39 is 10.0 Å². The Labute approximate surface area is 182 Å². The van der Waals surface area contributed by atoms with E-state index in [9.17, 15) is 13.2 Å². The number of benzene rings is 2. The number of nitrogens with one attached hydrogen (secondary N) is 2. The minimum atomic E-state index is -3.86. The summed E-state index contributed by atoms with van der Waals surface area (Å²) in [5, 5.41) is 2.65. The van der Waals surface area contributed by atoms with Crippen LogP contribution in [0.5, 0.6) is 5.75 Å². The summed E-state index contributed by atoms with van der Waals surface area (Å²) in [5.41, 5.74) is 1.76. The minimum absolute atomic E-state index is 0.00923. The number of carbonyl (C=O) groups excluding carboxylic acids is 1. The maximum atomic E-state index is 12.5. The molecule has 10 heteroatoms. The Hall–Kier alpha value is -2.98. The zero-order valence-electron chi connectivity index (χ0n) is 16.2. The highest BCUT2D eigenvalue weighted by Gasteiger charge is 2.16. The SMILES string of the molecule is Cc1cc(C)nc(NS(=O)(=O)c2ccc(NC(=O)COc3ccc(Br)cc3)cc2)n1. The number of halogens is 1. The number of rotatable bonds is 7. The molecule has 0 saturated heterocycles. The van der Waals surface area contributed by atoms with Crippen molar-refractivity contribution in [2.24, 2.45) is 0 Å². The zero-order valence-corrected chi connectivity index (χ0v) is 18.6. The van der Waals surface area contributed by atoms with E-state index in [1.54, 1.807) is 32.0 Å². The van der Waals surface area contributed by atoms with Gasteiger partial charge >= 0.3 is 0 Å². The van der Waals surface area contributed by atoms with E-state index in [2.05, 4.69) is 35.9 Å². The van der Waals surface area contributed by atoms with Gasteiger partial charge in [0, 0.05) is 21.5 Å². The second-order valence-electron chi connectivity index (χ2n) is 6.39. The van der Waals surface area contributed by atoms with Crippen molar-refractivity contribution in [2.75, 3.05) is 16.6 Å². The second kappa shape index (κ2) is 9.23. The molecule has 2 N–H and O–H groups in total. The molecule has 8 nitrogen and oxygen atoms in total. The van der Waals surface area contributed by atoms with Crippen molar-refractivity contribution in [3.63, 3.8) is 0 Å². The van der Waals surface area contributed by atoms with Gasteiger partial charge in [-0.3, -0.25) is 4.79 Å². The van der Waals surface area contributed by atoms with Crippen LogP contribution in [0.4, 0.5) is 11.6 Å². The number of hydrogen-bond acceptors (Lipinski definition) is 6. The molecule has 0 radical (unpaired) electrons. The van der Waals surface area contributed by atoms with Crippen molar-refractivity contribution in [2.45, 2.75) is 18.7 Å². The third-order valence-corrected chi connectivity index (χ3v) is 5.71. The number of aryl methyl sites for hydroxylation is 2. The predicted octanol–water partition coefficient (Wildman–Crippen LogP) is 3.67. The molecule has 2 aromatic carbocycles. The van der Waals surface area contributed by atoms with Gasteiger partial charge in [-0.25, -0.2) is 23.1 Å². The third kappa shape index (κ3) is 6.01. The first kappa shape index (κ1) is 21.7. The first-order valence-corrected chi connectivity index (χ1v) is 11.1. The van der Waals surface area contributed by atoms with Gasteiger partial charge in [0.1, 0.15) is 5.75 Å². The highest BCUT2D eigenvalue weighted by Crippen LogP contribution is 2.18. The highest BCUT2D eigenvalue weighted by molar-refractivity contribution is 9.10. The van der Waals surface area contributed by atoms with E-state index in [4.69, 9.17) is 4.74 Å². The molecule has 0 fully saturated rings. The number of carbonyl (C=O) groups is 1. The molecule has 3 aromatic rings. The summed E-state index contributed by atoms with van der Waals surface area (Å²) in [5.74, 6) is 0.208. The van der Waals surface area contributed by atoms with Gasteiger partial charge in [0.15, 0.2) is 6.61 Å². The monoisotopic (exact) mass is 490 g/mol. The Balaban J connectivity index is 1.60. The summed E-state index contributed by atoms with van der Waals surface area (Å²) in [6, 6.07) is 14.6. The van der Waals surface area contributed by atoms with Gasteiger partial charge in [-0.05, 0) is 68.4 Å². The number of amides is 1. The molecule has 0 aliphatic heterocycles. The van der Waals surface area contributed by atoms with Crippen molar-refractivity contribution >= 4 is 43.5 Å². The van der Waals surface area contributed by atoms with E-state index in [1.165, 1.54) is 24.3 Å². The van der Waals surface area contributed by atoms with Gasteiger partial charge in [0.05, 0.1) is 4.90 Å². The highest BCUT2D eigenvalue weighted by atomic mass is 79.9. The molecule has 0 atom stereocenters. The van der Waals surface area contributed by atoms with Crippen LogP contribution in [0.2, 0.25) is 0 Å². The molecule has 0 spiro atoms. The van der Waals surface area contributed by atoms with Crippen LogP contribution in [0.25, 0.3) is 0 Å². The average Bonchev–Trinajstić information content (AvgIpc) is 2.67. The molecule has 0 bridgehead atoms. The van der Waals surface area contributed by atoms with Gasteiger partial charge in [-0.15, -0.1) is 0 Å². The largest absolute Gasteiger partial charge is 0.484 e. The second-order valence-corrected chi connectivity index (χ2v) is 8.99. The predicted molar refractivity (Wildman–Crippen MR) is 117 cm³/mol. The fourth-order valence-electron chi connectivity index (χ4n) is 2.54. The molecule has 30 heavy (non-hydrogen) atoms. The smallest absolute Gasteiger partial charge is 0.264 e. The number of hydrogen-bond donors (Lipinski definition) is 2. The van der Waals surface area contributed by atoms with E-state index >= 15 is 0 Å². The Morgan fingerprint density at radius 1 is 1.00 bits per heavy atom. The van der Waals surface area contributed by atoms with Crippen LogP contribution in [-0.2, 0) is 14.8 Å². The van der Waals surface area contributed by atoms with Crippen LogP contribution in [0.3, 0.4) is 0 Å². The minimum Gasteiger partial charge on any atom is -0.484 e. The summed E-state index contributed by atoms with van der Waals surface area (Å²) in [6.45, 7) is 3.34. The molecule has 0 aliphatic carbocycles. The Morgan fingerprint density at radius 3 is 2.20 bits per heavy atom. The lowest BCUT2D eigenvalue weighted by Crippen LogP contribution is -2.20. The average molecular weight is 491 g/mol. The first-order chi connectivity index (χ1) is 14.2. The fraction of sp³-hybridized carbons (Fsp3) is 0.150. The lowest BCUT2D eigenvalue weighted by molar-refractivity contribution is -0.118. The number of ether oxygens (including phenoxy) is 1. The molecule has 3 rings (SSSR count). The molecule has 0 saturated carbocycles. The number of sulfonamides is 1. The lowest BCUT2D eigenvalue weighted by Gasteiger charge is -2.10.